The third-order valence-corrected chi connectivity index (χ3v) is 4.95. The molecule has 102 valence electrons. The maximum atomic E-state index is 12.4. The molecule has 1 amide bonds. The van der Waals surface area contributed by atoms with E-state index in [2.05, 4.69) is 35.9 Å². The van der Waals surface area contributed by atoms with Gasteiger partial charge >= 0.3 is 0 Å². The summed E-state index contributed by atoms with van der Waals surface area (Å²) in [5, 5.41) is 0. The lowest BCUT2D eigenvalue weighted by Gasteiger charge is -2.47. The highest BCUT2D eigenvalue weighted by Crippen LogP contribution is 2.40. The van der Waals surface area contributed by atoms with Crippen LogP contribution in [-0.2, 0) is 11.3 Å². The number of likely N-dealkylation sites (tertiary alicyclic amines) is 2. The molecule has 19 heavy (non-hydrogen) atoms. The van der Waals surface area contributed by atoms with Crippen molar-refractivity contribution in [2.45, 2.75) is 44.3 Å². The summed E-state index contributed by atoms with van der Waals surface area (Å²) in [7, 11) is 2.19. The van der Waals surface area contributed by atoms with E-state index in [9.17, 15) is 4.79 Å². The number of likely N-dealkylation sites (N-methyl/N-ethyl adjacent to an activating group) is 1. The summed E-state index contributed by atoms with van der Waals surface area (Å²) in [6.45, 7) is 4.11. The molecule has 1 aromatic rings. The Balaban J connectivity index is 1.87. The number of piperidine rings is 1. The van der Waals surface area contributed by atoms with Crippen molar-refractivity contribution >= 4 is 5.91 Å². The Morgan fingerprint density at radius 1 is 1.32 bits per heavy atom. The van der Waals surface area contributed by atoms with E-state index in [0.717, 1.165) is 25.9 Å². The van der Waals surface area contributed by atoms with E-state index in [-0.39, 0.29) is 5.54 Å². The summed E-state index contributed by atoms with van der Waals surface area (Å²) in [6, 6.07) is 10.9. The Bertz CT molecular complexity index is 473. The predicted molar refractivity (Wildman–Crippen MR) is 75.7 cm³/mol. The van der Waals surface area contributed by atoms with E-state index in [1.54, 1.807) is 0 Å². The lowest BCUT2D eigenvalue weighted by molar-refractivity contribution is -0.144. The fourth-order valence-corrected chi connectivity index (χ4v) is 3.76. The molecule has 0 saturated carbocycles. The molecule has 2 aliphatic rings. The first-order chi connectivity index (χ1) is 9.11. The smallest absolute Gasteiger partial charge is 0.223 e. The highest BCUT2D eigenvalue weighted by molar-refractivity contribution is 5.78. The molecule has 0 aliphatic carbocycles. The van der Waals surface area contributed by atoms with Crippen LogP contribution in [0.2, 0.25) is 0 Å². The molecule has 2 atom stereocenters. The van der Waals surface area contributed by atoms with Crippen molar-refractivity contribution in [1.29, 1.82) is 0 Å². The molecular weight excluding hydrogens is 236 g/mol. The molecule has 0 aromatic heterocycles. The van der Waals surface area contributed by atoms with Gasteiger partial charge in [0, 0.05) is 25.6 Å². The zero-order chi connectivity index (χ0) is 13.5. The summed E-state index contributed by atoms with van der Waals surface area (Å²) in [5.74, 6) is 0.318. The van der Waals surface area contributed by atoms with Crippen LogP contribution in [0.15, 0.2) is 30.3 Å². The molecule has 3 rings (SSSR count). The molecule has 0 N–H and O–H groups in total. The minimum atomic E-state index is 0.0138. The first kappa shape index (κ1) is 12.7. The molecule has 0 spiro atoms. The van der Waals surface area contributed by atoms with Crippen LogP contribution in [0.4, 0.5) is 0 Å². The van der Waals surface area contributed by atoms with Gasteiger partial charge in [0.2, 0.25) is 5.91 Å². The Labute approximate surface area is 115 Å². The summed E-state index contributed by atoms with van der Waals surface area (Å²) in [4.78, 5) is 16.9. The van der Waals surface area contributed by atoms with Crippen molar-refractivity contribution in [3.63, 3.8) is 0 Å². The second-order valence-corrected chi connectivity index (χ2v) is 6.11. The van der Waals surface area contributed by atoms with Crippen LogP contribution < -0.4 is 0 Å². The summed E-state index contributed by atoms with van der Waals surface area (Å²) in [5.41, 5.74) is 1.24. The van der Waals surface area contributed by atoms with Crippen LogP contribution in [0, 0.1) is 0 Å². The first-order valence-corrected chi connectivity index (χ1v) is 7.16. The van der Waals surface area contributed by atoms with Gasteiger partial charge in [0.1, 0.15) is 0 Å². The van der Waals surface area contributed by atoms with E-state index in [1.165, 1.54) is 5.56 Å². The van der Waals surface area contributed by atoms with Crippen LogP contribution in [0.5, 0.6) is 0 Å². The molecule has 3 nitrogen and oxygen atoms in total. The molecule has 3 heteroatoms. The van der Waals surface area contributed by atoms with Gasteiger partial charge < -0.3 is 9.80 Å². The zero-order valence-electron chi connectivity index (χ0n) is 11.8. The average molecular weight is 258 g/mol. The van der Waals surface area contributed by atoms with Gasteiger partial charge in [-0.2, -0.15) is 0 Å². The number of fused-ring (bicyclic) bond motifs is 1. The summed E-state index contributed by atoms with van der Waals surface area (Å²) < 4.78 is 0. The molecule has 2 saturated heterocycles. The number of hydrogen-bond acceptors (Lipinski definition) is 2. The lowest BCUT2D eigenvalue weighted by Crippen LogP contribution is -2.59. The second kappa shape index (κ2) is 4.64. The number of rotatable bonds is 2. The third kappa shape index (κ3) is 2.06. The molecular formula is C16H22N2O. The van der Waals surface area contributed by atoms with Crippen molar-refractivity contribution in [2.24, 2.45) is 0 Å². The molecule has 2 fully saturated rings. The van der Waals surface area contributed by atoms with Crippen molar-refractivity contribution in [1.82, 2.24) is 9.80 Å². The lowest BCUT2D eigenvalue weighted by atomic mass is 9.83. The topological polar surface area (TPSA) is 23.6 Å². The van der Waals surface area contributed by atoms with Gasteiger partial charge in [-0.1, -0.05) is 30.3 Å². The third-order valence-electron chi connectivity index (χ3n) is 4.95. The van der Waals surface area contributed by atoms with Crippen molar-refractivity contribution in [2.75, 3.05) is 13.6 Å². The Hall–Kier alpha value is -1.35. The molecule has 2 aliphatic heterocycles. The highest BCUT2D eigenvalue weighted by Gasteiger charge is 2.50. The van der Waals surface area contributed by atoms with E-state index in [1.807, 2.05) is 18.2 Å². The van der Waals surface area contributed by atoms with Gasteiger partial charge in [-0.25, -0.2) is 0 Å². The minimum absolute atomic E-state index is 0.0138. The van der Waals surface area contributed by atoms with Gasteiger partial charge in [-0.3, -0.25) is 4.79 Å². The van der Waals surface area contributed by atoms with E-state index >= 15 is 0 Å². The maximum Gasteiger partial charge on any atom is 0.223 e. The Morgan fingerprint density at radius 3 is 2.79 bits per heavy atom. The van der Waals surface area contributed by atoms with E-state index < -0.39 is 0 Å². The van der Waals surface area contributed by atoms with Gasteiger partial charge in [0.25, 0.3) is 0 Å². The fourth-order valence-electron chi connectivity index (χ4n) is 3.76. The Morgan fingerprint density at radius 2 is 2.05 bits per heavy atom. The molecule has 0 unspecified atom stereocenters. The second-order valence-electron chi connectivity index (χ2n) is 6.11. The van der Waals surface area contributed by atoms with Crippen LogP contribution in [0.25, 0.3) is 0 Å². The standard InChI is InChI=1S/C16H22N2O/c1-16-10-11-17(2)14(16)8-9-15(19)18(16)12-13-6-4-3-5-7-13/h3-7,14H,8-12H2,1-2H3/t14-,16-/m0/s1. The molecule has 0 radical (unpaired) electrons. The van der Waals surface area contributed by atoms with E-state index in [4.69, 9.17) is 0 Å². The van der Waals surface area contributed by atoms with Crippen LogP contribution in [0.3, 0.4) is 0 Å². The first-order valence-electron chi connectivity index (χ1n) is 7.16. The van der Waals surface area contributed by atoms with Gasteiger partial charge in [0.05, 0.1) is 5.54 Å². The van der Waals surface area contributed by atoms with Crippen LogP contribution in [0.1, 0.15) is 31.7 Å². The van der Waals surface area contributed by atoms with Crippen molar-refractivity contribution in [3.8, 4) is 0 Å². The fraction of sp³-hybridized carbons (Fsp3) is 0.562. The minimum Gasteiger partial charge on any atom is -0.331 e. The predicted octanol–water partition coefficient (Wildman–Crippen LogP) is 2.27. The molecule has 0 bridgehead atoms. The average Bonchev–Trinajstić information content (AvgIpc) is 2.71. The van der Waals surface area contributed by atoms with Crippen molar-refractivity contribution in [3.05, 3.63) is 35.9 Å². The van der Waals surface area contributed by atoms with Gasteiger partial charge in [0.15, 0.2) is 0 Å². The van der Waals surface area contributed by atoms with Crippen LogP contribution in [-0.4, -0.2) is 40.9 Å². The number of hydrogen-bond donors (Lipinski definition) is 0. The number of carbonyl (C=O) groups excluding carboxylic acids is 1. The highest BCUT2D eigenvalue weighted by atomic mass is 16.2. The normalized spacial score (nSPS) is 31.6. The summed E-state index contributed by atoms with van der Waals surface area (Å²) in [6.07, 6.45) is 2.79. The molecule has 1 aromatic carbocycles. The Kier molecular flexibility index (Phi) is 3.09. The van der Waals surface area contributed by atoms with E-state index in [0.29, 0.717) is 18.4 Å². The van der Waals surface area contributed by atoms with Gasteiger partial charge in [-0.15, -0.1) is 0 Å². The number of carbonyl (C=O) groups is 1. The van der Waals surface area contributed by atoms with Gasteiger partial charge in [-0.05, 0) is 32.4 Å². The van der Waals surface area contributed by atoms with Crippen molar-refractivity contribution < 1.29 is 4.79 Å². The SMILES string of the molecule is CN1CC[C@@]2(C)[C@@H]1CCC(=O)N2Cc1ccccc1. The summed E-state index contributed by atoms with van der Waals surface area (Å²) >= 11 is 0. The number of benzene rings is 1. The quantitative estimate of drug-likeness (QED) is 0.812. The largest absolute Gasteiger partial charge is 0.331 e. The number of amides is 1. The monoisotopic (exact) mass is 258 g/mol. The maximum absolute atomic E-state index is 12.4. The molecule has 2 heterocycles. The zero-order valence-corrected chi connectivity index (χ0v) is 11.8. The van der Waals surface area contributed by atoms with Crippen LogP contribution >= 0.6 is 0 Å². The number of nitrogens with zero attached hydrogens (tertiary/aromatic N) is 2.